The van der Waals surface area contributed by atoms with Crippen molar-refractivity contribution >= 4 is 11.8 Å². The van der Waals surface area contributed by atoms with Crippen molar-refractivity contribution in [1.29, 1.82) is 0 Å². The van der Waals surface area contributed by atoms with E-state index in [9.17, 15) is 9.59 Å². The van der Waals surface area contributed by atoms with Crippen LogP contribution in [0.2, 0.25) is 0 Å². The molecule has 4 aliphatic rings. The molecular weight excluding hydrogens is 420 g/mol. The second-order valence-corrected chi connectivity index (χ2v) is 13.5. The number of allylic oxidation sites excluding steroid dienone is 3. The zero-order valence-corrected chi connectivity index (χ0v) is 23.1. The maximum Gasteiger partial charge on any atom is 0.333 e. The highest BCUT2D eigenvalue weighted by Crippen LogP contribution is 2.73. The van der Waals surface area contributed by atoms with Gasteiger partial charge in [0.2, 0.25) is 0 Å². The van der Waals surface area contributed by atoms with Gasteiger partial charge in [0.15, 0.2) is 0 Å². The molecule has 0 aromatic carbocycles. The fourth-order valence-electron chi connectivity index (χ4n) is 9.47. The average molecular weight is 469 g/mol. The lowest BCUT2D eigenvalue weighted by molar-refractivity contribution is -0.146. The molecule has 0 radical (unpaired) electrons. The van der Waals surface area contributed by atoms with E-state index in [0.29, 0.717) is 29.0 Å². The number of esters is 1. The van der Waals surface area contributed by atoms with Gasteiger partial charge in [-0.15, -0.1) is 0 Å². The molecule has 0 aliphatic heterocycles. The molecule has 0 heterocycles. The van der Waals surface area contributed by atoms with Gasteiger partial charge in [-0.05, 0) is 98.2 Å². The monoisotopic (exact) mass is 468 g/mol. The van der Waals surface area contributed by atoms with Crippen molar-refractivity contribution in [2.45, 2.75) is 106 Å². The van der Waals surface area contributed by atoms with Gasteiger partial charge in [0.05, 0.1) is 7.11 Å². The molecular formula is C31H48O3. The Balaban J connectivity index is 1.56. The van der Waals surface area contributed by atoms with Gasteiger partial charge >= 0.3 is 5.97 Å². The number of hydrogen-bond acceptors (Lipinski definition) is 3. The molecule has 3 nitrogen and oxygen atoms in total. The van der Waals surface area contributed by atoms with Crippen molar-refractivity contribution in [2.75, 3.05) is 7.11 Å². The van der Waals surface area contributed by atoms with Crippen LogP contribution in [0.1, 0.15) is 106 Å². The second kappa shape index (κ2) is 8.63. The van der Waals surface area contributed by atoms with E-state index in [4.69, 9.17) is 4.74 Å². The number of Topliss-reactive ketones (excluding diaryl/α,β-unsaturated/α-hetero) is 1. The Hall–Kier alpha value is -1.38. The van der Waals surface area contributed by atoms with Crippen molar-refractivity contribution < 1.29 is 14.3 Å². The number of carbonyl (C=O) groups is 2. The summed E-state index contributed by atoms with van der Waals surface area (Å²) in [6.45, 7) is 16.4. The van der Waals surface area contributed by atoms with Crippen LogP contribution in [0.4, 0.5) is 0 Å². The lowest BCUT2D eigenvalue weighted by Gasteiger charge is -2.63. The minimum atomic E-state index is -0.213. The van der Waals surface area contributed by atoms with E-state index in [1.165, 1.54) is 32.8 Å². The third-order valence-corrected chi connectivity index (χ3v) is 11.9. The van der Waals surface area contributed by atoms with Crippen LogP contribution in [0.25, 0.3) is 0 Å². The van der Waals surface area contributed by atoms with E-state index >= 15 is 0 Å². The van der Waals surface area contributed by atoms with Gasteiger partial charge in [-0.3, -0.25) is 4.79 Å². The summed E-state index contributed by atoms with van der Waals surface area (Å²) < 4.78 is 4.85. The maximum atomic E-state index is 12.8. The molecule has 0 aromatic heterocycles. The van der Waals surface area contributed by atoms with E-state index in [1.54, 1.807) is 5.57 Å². The average Bonchev–Trinajstić information content (AvgIpc) is 3.07. The number of methoxy groups -OCH3 is 1. The van der Waals surface area contributed by atoms with Gasteiger partial charge < -0.3 is 4.74 Å². The quantitative estimate of drug-likeness (QED) is 0.236. The van der Waals surface area contributed by atoms with Crippen LogP contribution < -0.4 is 0 Å². The van der Waals surface area contributed by atoms with Crippen LogP contribution in [-0.2, 0) is 14.3 Å². The molecule has 0 spiro atoms. The molecule has 4 aliphatic carbocycles. The zero-order chi connectivity index (χ0) is 25.1. The fraction of sp³-hybridized carbons (Fsp3) is 0.806. The lowest BCUT2D eigenvalue weighted by atomic mass is 9.41. The first kappa shape index (κ1) is 25.7. The molecule has 0 N–H and O–H groups in total. The Morgan fingerprint density at radius 1 is 1.15 bits per heavy atom. The molecule has 3 saturated carbocycles. The predicted octanol–water partition coefficient (Wildman–Crippen LogP) is 7.70. The zero-order valence-electron chi connectivity index (χ0n) is 23.1. The van der Waals surface area contributed by atoms with Crippen molar-refractivity contribution in [2.24, 2.45) is 45.3 Å². The Morgan fingerprint density at radius 2 is 1.85 bits per heavy atom. The summed E-state index contributed by atoms with van der Waals surface area (Å²) in [7, 11) is 1.45. The van der Waals surface area contributed by atoms with Gasteiger partial charge in [-0.25, -0.2) is 4.79 Å². The summed E-state index contributed by atoms with van der Waals surface area (Å²) in [6, 6.07) is 0. The summed E-state index contributed by atoms with van der Waals surface area (Å²) in [5.41, 5.74) is 3.14. The van der Waals surface area contributed by atoms with Gasteiger partial charge in [-0.2, -0.15) is 0 Å². The maximum absolute atomic E-state index is 12.8. The van der Waals surface area contributed by atoms with E-state index in [0.717, 1.165) is 43.6 Å². The normalized spacial score (nSPS) is 42.2. The van der Waals surface area contributed by atoms with Crippen molar-refractivity contribution in [3.63, 3.8) is 0 Å². The summed E-state index contributed by atoms with van der Waals surface area (Å²) >= 11 is 0. The van der Waals surface area contributed by atoms with Crippen LogP contribution in [0.15, 0.2) is 23.3 Å². The van der Waals surface area contributed by atoms with E-state index in [1.807, 2.05) is 6.92 Å². The highest BCUT2D eigenvalue weighted by atomic mass is 16.5. The van der Waals surface area contributed by atoms with Gasteiger partial charge in [-0.1, -0.05) is 59.3 Å². The molecule has 7 atom stereocenters. The summed E-state index contributed by atoms with van der Waals surface area (Å²) in [4.78, 5) is 24.5. The SMILES string of the molecule is COC(=O)/C(C)=C\CC[C@@H](C)[C@@H]1CC[C@]2(C)C3=CC[C@H]4C(C)(C)C(=O)CC[C@]4(C)[C@H]3CC[C@@]12C. The van der Waals surface area contributed by atoms with Crippen LogP contribution in [0.5, 0.6) is 0 Å². The van der Waals surface area contributed by atoms with Crippen molar-refractivity contribution in [1.82, 2.24) is 0 Å². The number of ether oxygens (including phenoxy) is 1. The van der Waals surface area contributed by atoms with Gasteiger partial charge in [0.25, 0.3) is 0 Å². The topological polar surface area (TPSA) is 43.4 Å². The summed E-state index contributed by atoms with van der Waals surface area (Å²) in [5, 5.41) is 0. The Bertz CT molecular complexity index is 910. The number of carbonyl (C=O) groups excluding carboxylic acids is 2. The van der Waals surface area contributed by atoms with Crippen LogP contribution in [0.3, 0.4) is 0 Å². The smallest absolute Gasteiger partial charge is 0.333 e. The molecule has 0 aromatic rings. The molecule has 4 rings (SSSR count). The minimum Gasteiger partial charge on any atom is -0.466 e. The van der Waals surface area contributed by atoms with Gasteiger partial charge in [0, 0.05) is 17.4 Å². The first-order chi connectivity index (χ1) is 15.8. The molecule has 0 amide bonds. The minimum absolute atomic E-state index is 0.195. The van der Waals surface area contributed by atoms with Crippen LogP contribution in [-0.4, -0.2) is 18.9 Å². The lowest BCUT2D eigenvalue weighted by Crippen LogP contribution is -2.57. The molecule has 3 fully saturated rings. The molecule has 190 valence electrons. The highest BCUT2D eigenvalue weighted by molar-refractivity contribution is 5.87. The fourth-order valence-corrected chi connectivity index (χ4v) is 9.47. The first-order valence-corrected chi connectivity index (χ1v) is 13.8. The predicted molar refractivity (Wildman–Crippen MR) is 138 cm³/mol. The molecule has 0 bridgehead atoms. The molecule has 3 heteroatoms. The molecule has 0 unspecified atom stereocenters. The first-order valence-electron chi connectivity index (χ1n) is 13.8. The largest absolute Gasteiger partial charge is 0.466 e. The molecule has 0 saturated heterocycles. The van der Waals surface area contributed by atoms with Crippen LogP contribution in [0, 0.1) is 45.3 Å². The number of rotatable bonds is 5. The van der Waals surface area contributed by atoms with E-state index in [2.05, 4.69) is 53.7 Å². The number of fused-ring (bicyclic) bond motifs is 5. The van der Waals surface area contributed by atoms with Crippen LogP contribution >= 0.6 is 0 Å². The van der Waals surface area contributed by atoms with Crippen molar-refractivity contribution in [3.05, 3.63) is 23.3 Å². The Kier molecular flexibility index (Phi) is 6.52. The van der Waals surface area contributed by atoms with E-state index in [-0.39, 0.29) is 22.2 Å². The van der Waals surface area contributed by atoms with Gasteiger partial charge in [0.1, 0.15) is 5.78 Å². The van der Waals surface area contributed by atoms with Crippen molar-refractivity contribution in [3.8, 4) is 0 Å². The summed E-state index contributed by atoms with van der Waals surface area (Å²) in [6.07, 6.45) is 14.8. The Labute approximate surface area is 208 Å². The highest BCUT2D eigenvalue weighted by Gasteiger charge is 2.65. The summed E-state index contributed by atoms with van der Waals surface area (Å²) in [5.74, 6) is 2.74. The number of ketones is 1. The standard InChI is InChI=1S/C31H48O3/c1-20(10-9-11-21(2)27(33)34-8)22-14-18-31(7)24-12-13-25-28(3,4)26(32)16-17-29(25,5)23(24)15-19-30(22,31)6/h11-12,20,22-23,25H,9-10,13-19H2,1-8H3/b21-11-/t20-,22+,23+,25+,29-,30+,31-/m1/s1. The second-order valence-electron chi connectivity index (χ2n) is 13.5. The third-order valence-electron chi connectivity index (χ3n) is 11.9. The number of hydrogen-bond donors (Lipinski definition) is 0. The Morgan fingerprint density at radius 3 is 2.53 bits per heavy atom. The van der Waals surface area contributed by atoms with E-state index < -0.39 is 0 Å². The molecule has 34 heavy (non-hydrogen) atoms. The third kappa shape index (κ3) is 3.58.